The standard InChI is InChI=1S/C24H28O4/c1-25-21-13-10-17(15-23(21)27-3)9-11-18-7-5-6-8-20(18)19-12-14-22(26-2)24(16-19)28-4/h6,8-16,18,20H,5,7H2,1-4H3/t18-,20-/m0/s1. The molecular formula is C24H28O4. The SMILES string of the molecule is COc1ccc(C=C[C@@H]2CCC=C[C@@H]2c2ccc(OC)c(OC)c2)cc1OC. The molecule has 0 fully saturated rings. The smallest absolute Gasteiger partial charge is 0.161 e. The van der Waals surface area contributed by atoms with Crippen molar-refractivity contribution in [3.05, 3.63) is 65.8 Å². The Morgan fingerprint density at radius 1 is 0.786 bits per heavy atom. The molecule has 0 bridgehead atoms. The predicted molar refractivity (Wildman–Crippen MR) is 113 cm³/mol. The van der Waals surface area contributed by atoms with Crippen LogP contribution in [0.25, 0.3) is 6.08 Å². The molecule has 0 spiro atoms. The number of benzene rings is 2. The molecule has 0 unspecified atom stereocenters. The van der Waals surface area contributed by atoms with Crippen LogP contribution in [0, 0.1) is 5.92 Å². The normalized spacial score (nSPS) is 18.9. The van der Waals surface area contributed by atoms with Crippen LogP contribution in [0.5, 0.6) is 23.0 Å². The van der Waals surface area contributed by atoms with Crippen LogP contribution in [0.1, 0.15) is 29.9 Å². The van der Waals surface area contributed by atoms with E-state index in [-0.39, 0.29) is 0 Å². The van der Waals surface area contributed by atoms with Crippen molar-refractivity contribution >= 4 is 6.08 Å². The number of hydrogen-bond donors (Lipinski definition) is 0. The molecule has 1 aliphatic rings. The van der Waals surface area contributed by atoms with Crippen molar-refractivity contribution in [1.82, 2.24) is 0 Å². The Bertz CT molecular complexity index is 854. The van der Waals surface area contributed by atoms with E-state index in [2.05, 4.69) is 36.4 Å². The molecule has 28 heavy (non-hydrogen) atoms. The van der Waals surface area contributed by atoms with Crippen LogP contribution in [0.2, 0.25) is 0 Å². The summed E-state index contributed by atoms with van der Waals surface area (Å²) in [6, 6.07) is 12.2. The summed E-state index contributed by atoms with van der Waals surface area (Å²) in [5, 5.41) is 0. The summed E-state index contributed by atoms with van der Waals surface area (Å²) >= 11 is 0. The minimum Gasteiger partial charge on any atom is -0.493 e. The van der Waals surface area contributed by atoms with E-state index in [1.165, 1.54) is 5.56 Å². The van der Waals surface area contributed by atoms with E-state index in [1.54, 1.807) is 28.4 Å². The third-order valence-electron chi connectivity index (χ3n) is 5.21. The lowest BCUT2D eigenvalue weighted by atomic mass is 9.79. The number of methoxy groups -OCH3 is 4. The first-order chi connectivity index (χ1) is 13.7. The zero-order valence-corrected chi connectivity index (χ0v) is 17.0. The topological polar surface area (TPSA) is 36.9 Å². The average Bonchev–Trinajstić information content (AvgIpc) is 2.77. The van der Waals surface area contributed by atoms with Crippen molar-refractivity contribution in [2.75, 3.05) is 28.4 Å². The van der Waals surface area contributed by atoms with E-state index in [0.29, 0.717) is 11.8 Å². The van der Waals surface area contributed by atoms with Gasteiger partial charge in [0.1, 0.15) is 0 Å². The summed E-state index contributed by atoms with van der Waals surface area (Å²) in [7, 11) is 6.64. The summed E-state index contributed by atoms with van der Waals surface area (Å²) in [6.45, 7) is 0. The number of rotatable bonds is 7. The second kappa shape index (κ2) is 9.36. The molecule has 4 nitrogen and oxygen atoms in total. The van der Waals surface area contributed by atoms with Crippen molar-refractivity contribution in [3.63, 3.8) is 0 Å². The Morgan fingerprint density at radius 3 is 2.11 bits per heavy atom. The van der Waals surface area contributed by atoms with Crippen molar-refractivity contribution in [3.8, 4) is 23.0 Å². The maximum atomic E-state index is 5.49. The van der Waals surface area contributed by atoms with Gasteiger partial charge in [-0.05, 0) is 54.2 Å². The third kappa shape index (κ3) is 4.33. The first kappa shape index (κ1) is 19.9. The highest BCUT2D eigenvalue weighted by Gasteiger charge is 2.22. The van der Waals surface area contributed by atoms with E-state index >= 15 is 0 Å². The van der Waals surface area contributed by atoms with Crippen LogP contribution >= 0.6 is 0 Å². The van der Waals surface area contributed by atoms with Gasteiger partial charge < -0.3 is 18.9 Å². The highest BCUT2D eigenvalue weighted by Crippen LogP contribution is 2.39. The summed E-state index contributed by atoms with van der Waals surface area (Å²) in [5.74, 6) is 3.72. The van der Waals surface area contributed by atoms with Crippen LogP contribution in [-0.2, 0) is 0 Å². The Kier molecular flexibility index (Phi) is 6.64. The predicted octanol–water partition coefficient (Wildman–Crippen LogP) is 5.48. The first-order valence-electron chi connectivity index (χ1n) is 9.49. The fourth-order valence-corrected chi connectivity index (χ4v) is 3.68. The van der Waals surface area contributed by atoms with E-state index in [0.717, 1.165) is 41.4 Å². The van der Waals surface area contributed by atoms with Gasteiger partial charge in [-0.2, -0.15) is 0 Å². The monoisotopic (exact) mass is 380 g/mol. The Hall–Kier alpha value is -2.88. The third-order valence-corrected chi connectivity index (χ3v) is 5.21. The van der Waals surface area contributed by atoms with Crippen LogP contribution in [0.15, 0.2) is 54.6 Å². The summed E-state index contributed by atoms with van der Waals surface area (Å²) in [5.41, 5.74) is 2.33. The minimum atomic E-state index is 0.310. The molecule has 0 aliphatic heterocycles. The Labute approximate surface area is 167 Å². The van der Waals surface area contributed by atoms with E-state index in [4.69, 9.17) is 18.9 Å². The zero-order chi connectivity index (χ0) is 19.9. The van der Waals surface area contributed by atoms with Crippen molar-refractivity contribution in [2.45, 2.75) is 18.8 Å². The van der Waals surface area contributed by atoms with Gasteiger partial charge in [-0.15, -0.1) is 0 Å². The summed E-state index contributed by atoms with van der Waals surface area (Å²) in [4.78, 5) is 0. The van der Waals surface area contributed by atoms with Gasteiger partial charge in [-0.1, -0.05) is 36.4 Å². The molecule has 2 aromatic carbocycles. The number of hydrogen-bond acceptors (Lipinski definition) is 4. The second-order valence-corrected chi connectivity index (χ2v) is 6.78. The van der Waals surface area contributed by atoms with Crippen molar-refractivity contribution in [1.29, 1.82) is 0 Å². The highest BCUT2D eigenvalue weighted by molar-refractivity contribution is 5.56. The molecule has 0 saturated carbocycles. The van der Waals surface area contributed by atoms with Crippen molar-refractivity contribution < 1.29 is 18.9 Å². The molecule has 0 N–H and O–H groups in total. The molecule has 4 heteroatoms. The first-order valence-corrected chi connectivity index (χ1v) is 9.49. The number of ether oxygens (including phenoxy) is 4. The molecule has 0 amide bonds. The van der Waals surface area contributed by atoms with Gasteiger partial charge >= 0.3 is 0 Å². The van der Waals surface area contributed by atoms with Crippen LogP contribution in [0.4, 0.5) is 0 Å². The Morgan fingerprint density at radius 2 is 1.43 bits per heavy atom. The lowest BCUT2D eigenvalue weighted by Gasteiger charge is -2.26. The van der Waals surface area contributed by atoms with Gasteiger partial charge in [0.25, 0.3) is 0 Å². The van der Waals surface area contributed by atoms with E-state index in [1.807, 2.05) is 24.3 Å². The van der Waals surface area contributed by atoms with Crippen LogP contribution < -0.4 is 18.9 Å². The number of allylic oxidation sites excluding steroid dienone is 3. The molecule has 1 aliphatic carbocycles. The Balaban J connectivity index is 1.85. The van der Waals surface area contributed by atoms with Gasteiger partial charge in [0, 0.05) is 5.92 Å². The summed E-state index contributed by atoms with van der Waals surface area (Å²) < 4.78 is 21.6. The largest absolute Gasteiger partial charge is 0.493 e. The molecule has 0 heterocycles. The fraction of sp³-hybridized carbons (Fsp3) is 0.333. The van der Waals surface area contributed by atoms with Crippen LogP contribution in [-0.4, -0.2) is 28.4 Å². The molecule has 148 valence electrons. The van der Waals surface area contributed by atoms with Gasteiger partial charge in [0.05, 0.1) is 28.4 Å². The molecule has 0 aromatic heterocycles. The van der Waals surface area contributed by atoms with E-state index in [9.17, 15) is 0 Å². The lowest BCUT2D eigenvalue weighted by molar-refractivity contribution is 0.354. The van der Waals surface area contributed by atoms with E-state index < -0.39 is 0 Å². The fourth-order valence-electron chi connectivity index (χ4n) is 3.68. The molecule has 3 rings (SSSR count). The molecule has 0 radical (unpaired) electrons. The van der Waals surface area contributed by atoms with Gasteiger partial charge in [-0.3, -0.25) is 0 Å². The lowest BCUT2D eigenvalue weighted by Crippen LogP contribution is -2.12. The van der Waals surface area contributed by atoms with Gasteiger partial charge in [0.15, 0.2) is 23.0 Å². The zero-order valence-electron chi connectivity index (χ0n) is 17.0. The molecule has 0 saturated heterocycles. The van der Waals surface area contributed by atoms with Gasteiger partial charge in [0.2, 0.25) is 0 Å². The molecule has 2 aromatic rings. The average molecular weight is 380 g/mol. The quantitative estimate of drug-likeness (QED) is 0.596. The van der Waals surface area contributed by atoms with Crippen molar-refractivity contribution in [2.24, 2.45) is 5.92 Å². The minimum absolute atomic E-state index is 0.310. The molecule has 2 atom stereocenters. The second-order valence-electron chi connectivity index (χ2n) is 6.78. The molecular weight excluding hydrogens is 352 g/mol. The van der Waals surface area contributed by atoms with Gasteiger partial charge in [-0.25, -0.2) is 0 Å². The highest BCUT2D eigenvalue weighted by atomic mass is 16.5. The van der Waals surface area contributed by atoms with Crippen LogP contribution in [0.3, 0.4) is 0 Å². The summed E-state index contributed by atoms with van der Waals surface area (Å²) in [6.07, 6.45) is 11.2. The maximum Gasteiger partial charge on any atom is 0.161 e. The maximum absolute atomic E-state index is 5.49.